The number of quaternary nitrogens is 1. The number of rotatable bonds is 4. The fourth-order valence-electron chi connectivity index (χ4n) is 2.02. The quantitative estimate of drug-likeness (QED) is 0.734. The molecule has 0 atom stereocenters. The van der Waals surface area contributed by atoms with Gasteiger partial charge in [-0.15, -0.1) is 0 Å². The Kier molecular flexibility index (Phi) is 4.87. The van der Waals surface area contributed by atoms with Gasteiger partial charge in [-0.3, -0.25) is 0 Å². The van der Waals surface area contributed by atoms with Crippen molar-refractivity contribution in [2.45, 2.75) is 39.5 Å². The molecular formula is C8H22NO2Si2+. The Bertz CT molecular complexity index is 175. The lowest BCUT2D eigenvalue weighted by molar-refractivity contribution is -0.637. The Labute approximate surface area is 84.3 Å². The molecule has 0 saturated heterocycles. The number of hydrogen-bond donors (Lipinski definition) is 1. The second-order valence-corrected chi connectivity index (χ2v) is 10.9. The van der Waals surface area contributed by atoms with Gasteiger partial charge in [0, 0.05) is 0 Å². The van der Waals surface area contributed by atoms with E-state index in [1.807, 2.05) is 0 Å². The van der Waals surface area contributed by atoms with E-state index in [9.17, 15) is 9.90 Å². The first kappa shape index (κ1) is 12.9. The summed E-state index contributed by atoms with van der Waals surface area (Å²) in [4.78, 5) is 11.3. The molecule has 0 bridgehead atoms. The molecule has 0 saturated carbocycles. The van der Waals surface area contributed by atoms with Crippen LogP contribution in [0.15, 0.2) is 0 Å². The smallest absolute Gasteiger partial charge is 0.438 e. The zero-order chi connectivity index (χ0) is 10.6. The number of hydrogen-bond acceptors (Lipinski definition) is 1. The second kappa shape index (κ2) is 4.92. The third-order valence-corrected chi connectivity index (χ3v) is 11.0. The molecule has 0 unspecified atom stereocenters. The molecule has 0 aromatic rings. The minimum atomic E-state index is -1.15. The topological polar surface area (TPSA) is 37.3 Å². The first-order chi connectivity index (χ1) is 5.89. The molecule has 78 valence electrons. The summed E-state index contributed by atoms with van der Waals surface area (Å²) in [7, 11) is -2.31. The molecule has 0 aliphatic heterocycles. The molecule has 0 aromatic carbocycles. The number of carboxylic acid groups (broad SMARTS) is 1. The standard InChI is InChI=1S/C8H21NO2Si2/c1-6-7-9(8(10)11,12(2)3)13(4)5/h12-13H,6-7H2,1-5H3/p+1. The first-order valence-electron chi connectivity index (χ1n) is 5.00. The lowest BCUT2D eigenvalue weighted by atomic mass is 10.5. The predicted octanol–water partition coefficient (Wildman–Crippen LogP) is 1.86. The van der Waals surface area contributed by atoms with Crippen LogP contribution in [0.2, 0.25) is 26.2 Å². The fourth-order valence-corrected chi connectivity index (χ4v) is 9.22. The van der Waals surface area contributed by atoms with Crippen LogP contribution in [0.1, 0.15) is 13.3 Å². The summed E-state index contributed by atoms with van der Waals surface area (Å²) in [6.07, 6.45) is 0.396. The van der Waals surface area contributed by atoms with Gasteiger partial charge in [0.1, 0.15) is 0 Å². The van der Waals surface area contributed by atoms with Gasteiger partial charge in [0.2, 0.25) is 0 Å². The molecule has 13 heavy (non-hydrogen) atoms. The van der Waals surface area contributed by atoms with Gasteiger partial charge in [0.05, 0.1) is 6.54 Å². The second-order valence-electron chi connectivity index (χ2n) is 4.12. The van der Waals surface area contributed by atoms with Crippen molar-refractivity contribution in [2.24, 2.45) is 0 Å². The van der Waals surface area contributed by atoms with E-state index in [0.717, 1.165) is 13.0 Å². The summed E-state index contributed by atoms with van der Waals surface area (Å²) in [6, 6.07) is 0. The molecule has 0 aromatic heterocycles. The number of carbonyl (C=O) groups is 1. The van der Waals surface area contributed by atoms with Crippen LogP contribution in [0.25, 0.3) is 0 Å². The molecule has 0 radical (unpaired) electrons. The summed E-state index contributed by atoms with van der Waals surface area (Å²) in [5, 5.41) is 9.34. The van der Waals surface area contributed by atoms with Gasteiger partial charge in [0.15, 0.2) is 0 Å². The summed E-state index contributed by atoms with van der Waals surface area (Å²) in [6.45, 7) is 11.5. The highest BCUT2D eigenvalue weighted by atomic mass is 28.4. The molecule has 0 heterocycles. The van der Waals surface area contributed by atoms with E-state index in [1.54, 1.807) is 0 Å². The van der Waals surface area contributed by atoms with Crippen molar-refractivity contribution in [2.75, 3.05) is 6.54 Å². The third-order valence-electron chi connectivity index (χ3n) is 2.79. The zero-order valence-electron chi connectivity index (χ0n) is 9.37. The molecule has 0 spiro atoms. The Morgan fingerprint density at radius 3 is 1.69 bits per heavy atom. The summed E-state index contributed by atoms with van der Waals surface area (Å²) in [5.74, 6) is 0. The first-order valence-corrected chi connectivity index (χ1v) is 10.7. The van der Waals surface area contributed by atoms with E-state index >= 15 is 0 Å². The van der Waals surface area contributed by atoms with E-state index in [0.29, 0.717) is 3.81 Å². The van der Waals surface area contributed by atoms with Crippen molar-refractivity contribution < 1.29 is 13.7 Å². The lowest BCUT2D eigenvalue weighted by Gasteiger charge is -2.41. The van der Waals surface area contributed by atoms with Gasteiger partial charge in [-0.25, -0.2) is 0 Å². The summed E-state index contributed by atoms with van der Waals surface area (Å²) >= 11 is 0. The average molecular weight is 220 g/mol. The minimum Gasteiger partial charge on any atom is -0.438 e. The predicted molar refractivity (Wildman–Crippen MR) is 61.2 cm³/mol. The van der Waals surface area contributed by atoms with Gasteiger partial charge in [-0.05, 0) is 32.6 Å². The van der Waals surface area contributed by atoms with Crippen LogP contribution in [0.4, 0.5) is 4.79 Å². The van der Waals surface area contributed by atoms with E-state index in [2.05, 4.69) is 33.1 Å². The van der Waals surface area contributed by atoms with Crippen LogP contribution in [0, 0.1) is 0 Å². The Morgan fingerprint density at radius 1 is 1.23 bits per heavy atom. The van der Waals surface area contributed by atoms with Crippen LogP contribution >= 0.6 is 0 Å². The highest BCUT2D eigenvalue weighted by Gasteiger charge is 2.42. The van der Waals surface area contributed by atoms with Crippen molar-refractivity contribution in [3.05, 3.63) is 0 Å². The van der Waals surface area contributed by atoms with Crippen LogP contribution in [-0.2, 0) is 0 Å². The highest BCUT2D eigenvalue weighted by Crippen LogP contribution is 2.16. The molecule has 3 nitrogen and oxygen atoms in total. The maximum Gasteiger partial charge on any atom is 0.477 e. The monoisotopic (exact) mass is 220 g/mol. The molecule has 5 heteroatoms. The molecular weight excluding hydrogens is 198 g/mol. The van der Waals surface area contributed by atoms with E-state index in [4.69, 9.17) is 0 Å². The van der Waals surface area contributed by atoms with Gasteiger partial charge in [-0.1, -0.05) is 6.92 Å². The van der Waals surface area contributed by atoms with Crippen molar-refractivity contribution in [1.82, 2.24) is 0 Å². The highest BCUT2D eigenvalue weighted by molar-refractivity contribution is 6.64. The van der Waals surface area contributed by atoms with Crippen LogP contribution < -0.4 is 0 Å². The SMILES string of the molecule is CCC[N+](C(=O)O)([SiH](C)C)[SiH](C)C. The van der Waals surface area contributed by atoms with Gasteiger partial charge in [0.25, 0.3) is 17.9 Å². The third kappa shape index (κ3) is 2.41. The maximum atomic E-state index is 11.3. The molecule has 1 N–H and O–H groups in total. The average Bonchev–Trinajstić information content (AvgIpc) is 1.97. The largest absolute Gasteiger partial charge is 0.477 e. The number of amides is 1. The van der Waals surface area contributed by atoms with Gasteiger partial charge < -0.3 is 8.92 Å². The van der Waals surface area contributed by atoms with Gasteiger partial charge in [-0.2, -0.15) is 4.79 Å². The van der Waals surface area contributed by atoms with Crippen LogP contribution in [0.3, 0.4) is 0 Å². The summed E-state index contributed by atoms with van der Waals surface area (Å²) < 4.78 is 0.455. The molecule has 1 amide bonds. The van der Waals surface area contributed by atoms with Crippen molar-refractivity contribution in [1.29, 1.82) is 0 Å². The van der Waals surface area contributed by atoms with Crippen molar-refractivity contribution in [3.8, 4) is 0 Å². The number of nitrogens with zero attached hydrogens (tertiary/aromatic N) is 1. The van der Waals surface area contributed by atoms with Crippen molar-refractivity contribution in [3.63, 3.8) is 0 Å². The van der Waals surface area contributed by atoms with E-state index in [1.165, 1.54) is 0 Å². The maximum absolute atomic E-state index is 11.3. The molecule has 0 aliphatic carbocycles. The van der Waals surface area contributed by atoms with E-state index in [-0.39, 0.29) is 0 Å². The Hall–Kier alpha value is -0.136. The lowest BCUT2D eigenvalue weighted by Crippen LogP contribution is -2.65. The molecule has 0 fully saturated rings. The zero-order valence-corrected chi connectivity index (χ0v) is 11.7. The fraction of sp³-hybridized carbons (Fsp3) is 0.875. The van der Waals surface area contributed by atoms with Crippen molar-refractivity contribution >= 4 is 24.0 Å². The minimum absolute atomic E-state index is 0.455. The van der Waals surface area contributed by atoms with Crippen LogP contribution in [-0.4, -0.2) is 39.5 Å². The van der Waals surface area contributed by atoms with Gasteiger partial charge >= 0.3 is 6.09 Å². The Morgan fingerprint density at radius 2 is 1.62 bits per heavy atom. The normalized spacial score (nSPS) is 12.5. The molecule has 0 aliphatic rings. The van der Waals surface area contributed by atoms with E-state index < -0.39 is 24.0 Å². The Balaban J connectivity index is 4.93. The summed E-state index contributed by atoms with van der Waals surface area (Å²) in [5.41, 5.74) is 0. The molecule has 0 rings (SSSR count). The van der Waals surface area contributed by atoms with Crippen LogP contribution in [0.5, 0.6) is 0 Å².